The summed E-state index contributed by atoms with van der Waals surface area (Å²) >= 11 is 6.23. The standard InChI is InChI=1S/C26H30ClN3O5/c1-6-35-24-23(33)30(25(34)29(24)15-17-10-8-7-9-11-17)20(21(31)26(3,4)5)22(32)28-19-14-16(2)12-13-18(19)27/h7-14,20,24H,6,15H2,1-5H3,(H,28,32). The molecule has 0 aliphatic carbocycles. The van der Waals surface area contributed by atoms with Gasteiger partial charge >= 0.3 is 6.03 Å². The Morgan fingerprint density at radius 2 is 1.77 bits per heavy atom. The van der Waals surface area contributed by atoms with Crippen LogP contribution < -0.4 is 5.32 Å². The molecule has 0 aromatic heterocycles. The van der Waals surface area contributed by atoms with Crippen molar-refractivity contribution in [3.8, 4) is 0 Å². The predicted octanol–water partition coefficient (Wildman–Crippen LogP) is 4.40. The maximum absolute atomic E-state index is 13.5. The van der Waals surface area contributed by atoms with Gasteiger partial charge in [-0.2, -0.15) is 0 Å². The Hall–Kier alpha value is -3.23. The maximum atomic E-state index is 13.5. The number of rotatable bonds is 8. The van der Waals surface area contributed by atoms with Crippen molar-refractivity contribution in [1.29, 1.82) is 0 Å². The lowest BCUT2D eigenvalue weighted by atomic mass is 9.85. The summed E-state index contributed by atoms with van der Waals surface area (Å²) in [7, 11) is 0. The molecule has 1 N–H and O–H groups in total. The number of imide groups is 1. The average molecular weight is 500 g/mol. The molecular formula is C26H30ClN3O5. The van der Waals surface area contributed by atoms with Crippen LogP contribution in [-0.2, 0) is 25.7 Å². The highest BCUT2D eigenvalue weighted by molar-refractivity contribution is 6.34. The molecule has 1 heterocycles. The van der Waals surface area contributed by atoms with E-state index in [0.29, 0.717) is 0 Å². The van der Waals surface area contributed by atoms with Gasteiger partial charge in [-0.05, 0) is 37.1 Å². The van der Waals surface area contributed by atoms with E-state index in [4.69, 9.17) is 16.3 Å². The van der Waals surface area contributed by atoms with Gasteiger partial charge in [0.25, 0.3) is 11.8 Å². The number of hydrogen-bond acceptors (Lipinski definition) is 5. The lowest BCUT2D eigenvalue weighted by Crippen LogP contribution is -2.55. The van der Waals surface area contributed by atoms with Gasteiger partial charge in [0.15, 0.2) is 11.8 Å². The van der Waals surface area contributed by atoms with Crippen LogP contribution in [0.5, 0.6) is 0 Å². The number of Topliss-reactive ketones (excluding diaryl/α,β-unsaturated/α-hetero) is 1. The van der Waals surface area contributed by atoms with E-state index in [9.17, 15) is 19.2 Å². The van der Waals surface area contributed by atoms with Crippen LogP contribution in [0.3, 0.4) is 0 Å². The number of ketones is 1. The van der Waals surface area contributed by atoms with Crippen LogP contribution in [0.15, 0.2) is 48.5 Å². The summed E-state index contributed by atoms with van der Waals surface area (Å²) in [6.07, 6.45) is -1.25. The van der Waals surface area contributed by atoms with Crippen molar-refractivity contribution < 1.29 is 23.9 Å². The SMILES string of the molecule is CCOC1C(=O)N(C(C(=O)Nc2cc(C)ccc2Cl)C(=O)C(C)(C)C)C(=O)N1Cc1ccccc1. The van der Waals surface area contributed by atoms with Crippen LogP contribution in [0.1, 0.15) is 38.8 Å². The number of halogens is 1. The number of nitrogens with one attached hydrogen (secondary N) is 1. The van der Waals surface area contributed by atoms with E-state index in [2.05, 4.69) is 5.32 Å². The van der Waals surface area contributed by atoms with Crippen LogP contribution in [0.25, 0.3) is 0 Å². The van der Waals surface area contributed by atoms with Gasteiger partial charge in [-0.15, -0.1) is 0 Å². The van der Waals surface area contributed by atoms with Gasteiger partial charge < -0.3 is 10.1 Å². The second-order valence-electron chi connectivity index (χ2n) is 9.40. The van der Waals surface area contributed by atoms with Crippen molar-refractivity contribution >= 4 is 40.9 Å². The fourth-order valence-electron chi connectivity index (χ4n) is 3.77. The second-order valence-corrected chi connectivity index (χ2v) is 9.81. The maximum Gasteiger partial charge on any atom is 0.330 e. The molecular weight excluding hydrogens is 470 g/mol. The largest absolute Gasteiger partial charge is 0.350 e. The van der Waals surface area contributed by atoms with Gasteiger partial charge in [0, 0.05) is 12.0 Å². The van der Waals surface area contributed by atoms with Gasteiger partial charge in [-0.25, -0.2) is 9.69 Å². The molecule has 4 amide bonds. The number of nitrogens with zero attached hydrogens (tertiary/aromatic N) is 2. The Balaban J connectivity index is 2.01. The minimum atomic E-state index is -1.70. The van der Waals surface area contributed by atoms with E-state index < -0.39 is 41.3 Å². The van der Waals surface area contributed by atoms with Crippen molar-refractivity contribution in [2.24, 2.45) is 5.41 Å². The van der Waals surface area contributed by atoms with E-state index in [1.54, 1.807) is 45.9 Å². The number of carbonyl (C=O) groups is 4. The third kappa shape index (κ3) is 5.71. The normalized spacial score (nSPS) is 17.0. The highest BCUT2D eigenvalue weighted by atomic mass is 35.5. The number of aryl methyl sites for hydroxylation is 1. The first-order chi connectivity index (χ1) is 16.5. The first-order valence-corrected chi connectivity index (χ1v) is 11.7. The zero-order chi connectivity index (χ0) is 25.9. The highest BCUT2D eigenvalue weighted by Crippen LogP contribution is 2.30. The summed E-state index contributed by atoms with van der Waals surface area (Å²) in [5.74, 6) is -2.17. The number of hydrogen-bond donors (Lipinski definition) is 1. The number of anilines is 1. The zero-order valence-electron chi connectivity index (χ0n) is 20.5. The first kappa shape index (κ1) is 26.4. The summed E-state index contributed by atoms with van der Waals surface area (Å²) in [4.78, 5) is 55.9. The van der Waals surface area contributed by atoms with E-state index in [1.807, 2.05) is 37.3 Å². The summed E-state index contributed by atoms with van der Waals surface area (Å²) in [5.41, 5.74) is 0.870. The fourth-order valence-corrected chi connectivity index (χ4v) is 3.94. The van der Waals surface area contributed by atoms with Crippen LogP contribution in [0.2, 0.25) is 5.02 Å². The third-order valence-corrected chi connectivity index (χ3v) is 5.91. The van der Waals surface area contributed by atoms with E-state index in [1.165, 1.54) is 4.90 Å². The van der Waals surface area contributed by atoms with Crippen molar-refractivity contribution in [3.63, 3.8) is 0 Å². The highest BCUT2D eigenvalue weighted by Gasteiger charge is 2.54. The summed E-state index contributed by atoms with van der Waals surface area (Å²) in [6.45, 7) is 8.64. The molecule has 0 saturated carbocycles. The number of benzene rings is 2. The zero-order valence-corrected chi connectivity index (χ0v) is 21.3. The van der Waals surface area contributed by atoms with Crippen LogP contribution in [0, 0.1) is 12.3 Å². The minimum absolute atomic E-state index is 0.0777. The van der Waals surface area contributed by atoms with Crippen molar-refractivity contribution in [2.75, 3.05) is 11.9 Å². The van der Waals surface area contributed by atoms with Crippen LogP contribution in [-0.4, -0.2) is 52.3 Å². The molecule has 3 rings (SSSR count). The Bertz CT molecular complexity index is 1130. The van der Waals surface area contributed by atoms with Gasteiger partial charge in [-0.1, -0.05) is 68.8 Å². The van der Waals surface area contributed by atoms with Gasteiger partial charge in [0.05, 0.1) is 17.3 Å². The summed E-state index contributed by atoms with van der Waals surface area (Å²) in [6, 6.07) is 11.7. The Morgan fingerprint density at radius 3 is 2.37 bits per heavy atom. The molecule has 2 atom stereocenters. The summed E-state index contributed by atoms with van der Waals surface area (Å²) in [5, 5.41) is 2.90. The molecule has 1 saturated heterocycles. The van der Waals surface area contributed by atoms with E-state index in [0.717, 1.165) is 16.0 Å². The molecule has 2 unspecified atom stereocenters. The summed E-state index contributed by atoms with van der Waals surface area (Å²) < 4.78 is 5.60. The molecule has 9 heteroatoms. The molecule has 0 spiro atoms. The van der Waals surface area contributed by atoms with Gasteiger partial charge in [-0.3, -0.25) is 19.3 Å². The number of amides is 4. The van der Waals surface area contributed by atoms with E-state index in [-0.39, 0.29) is 23.9 Å². The Morgan fingerprint density at radius 1 is 1.11 bits per heavy atom. The topological polar surface area (TPSA) is 96.0 Å². The molecule has 186 valence electrons. The molecule has 8 nitrogen and oxygen atoms in total. The lowest BCUT2D eigenvalue weighted by Gasteiger charge is -2.29. The molecule has 1 aliphatic heterocycles. The molecule has 1 aliphatic rings. The predicted molar refractivity (Wildman–Crippen MR) is 133 cm³/mol. The van der Waals surface area contributed by atoms with E-state index >= 15 is 0 Å². The monoisotopic (exact) mass is 499 g/mol. The first-order valence-electron chi connectivity index (χ1n) is 11.4. The van der Waals surface area contributed by atoms with Crippen molar-refractivity contribution in [3.05, 3.63) is 64.7 Å². The van der Waals surface area contributed by atoms with Gasteiger partial charge in [0.1, 0.15) is 0 Å². The molecule has 35 heavy (non-hydrogen) atoms. The van der Waals surface area contributed by atoms with Crippen LogP contribution in [0.4, 0.5) is 10.5 Å². The Kier molecular flexibility index (Phi) is 7.97. The average Bonchev–Trinajstić information content (AvgIpc) is 3.01. The molecule has 0 radical (unpaired) electrons. The molecule has 0 bridgehead atoms. The quantitative estimate of drug-likeness (QED) is 0.429. The van der Waals surface area contributed by atoms with Crippen molar-refractivity contribution in [1.82, 2.24) is 9.80 Å². The minimum Gasteiger partial charge on any atom is -0.350 e. The number of carbonyl (C=O) groups excluding carboxylic acids is 4. The molecule has 2 aromatic carbocycles. The smallest absolute Gasteiger partial charge is 0.330 e. The van der Waals surface area contributed by atoms with Crippen LogP contribution >= 0.6 is 11.6 Å². The molecule has 2 aromatic rings. The number of ether oxygens (including phenoxy) is 1. The second kappa shape index (κ2) is 10.6. The molecule has 1 fully saturated rings. The fraction of sp³-hybridized carbons (Fsp3) is 0.385. The Labute approximate surface area is 210 Å². The third-order valence-electron chi connectivity index (χ3n) is 5.58. The number of urea groups is 1. The van der Waals surface area contributed by atoms with Gasteiger partial charge in [0.2, 0.25) is 6.23 Å². The van der Waals surface area contributed by atoms with Crippen molar-refractivity contribution in [2.45, 2.75) is 53.4 Å². The lowest BCUT2D eigenvalue weighted by molar-refractivity contribution is -0.149.